The quantitative estimate of drug-likeness (QED) is 0.719. The summed E-state index contributed by atoms with van der Waals surface area (Å²) in [6, 6.07) is 0. The van der Waals surface area contributed by atoms with Crippen LogP contribution in [0.15, 0.2) is 24.3 Å². The van der Waals surface area contributed by atoms with Crippen LogP contribution in [0, 0.1) is 0 Å². The lowest BCUT2D eigenvalue weighted by Gasteiger charge is -2.00. The van der Waals surface area contributed by atoms with E-state index in [0.29, 0.717) is 11.3 Å². The van der Waals surface area contributed by atoms with Gasteiger partial charge >= 0.3 is 0 Å². The van der Waals surface area contributed by atoms with Gasteiger partial charge in [-0.1, -0.05) is 33.1 Å². The largest absolute Gasteiger partial charge is 0.302 e. The minimum atomic E-state index is -0.102. The number of aryl methyl sites for hydroxylation is 1. The van der Waals surface area contributed by atoms with E-state index in [1.165, 1.54) is 17.0 Å². The first kappa shape index (κ1) is 12.4. The maximum atomic E-state index is 11.4. The molecule has 0 fully saturated rings. The molecule has 0 N–H and O–H groups in total. The Morgan fingerprint density at radius 2 is 1.93 bits per heavy atom. The maximum Gasteiger partial charge on any atom is 0.260 e. The van der Waals surface area contributed by atoms with Crippen molar-refractivity contribution in [2.24, 2.45) is 7.05 Å². The van der Waals surface area contributed by atoms with Crippen molar-refractivity contribution in [3.8, 4) is 0 Å². The number of hydrogen-bond acceptors (Lipinski definition) is 2. The topological polar surface area (TPSA) is 34.9 Å². The molecular formula is C11H16N2O. The van der Waals surface area contributed by atoms with Crippen LogP contribution in [0.5, 0.6) is 0 Å². The second kappa shape index (κ2) is 5.91. The first-order valence-corrected chi connectivity index (χ1v) is 4.51. The van der Waals surface area contributed by atoms with Gasteiger partial charge in [-0.25, -0.2) is 4.98 Å². The highest BCUT2D eigenvalue weighted by atomic mass is 16.1. The fourth-order valence-electron chi connectivity index (χ4n) is 0.925. The van der Waals surface area contributed by atoms with E-state index in [-0.39, 0.29) is 5.56 Å². The van der Waals surface area contributed by atoms with Gasteiger partial charge in [0, 0.05) is 7.05 Å². The molecule has 0 atom stereocenters. The standard InChI is InChI=1S/C9H10N2O.C2H6/c1-4-7-8(5-2)10-6-11(3)9(7)12;1-2/h4-6H,1-2H2,3H3;1-2H3. The van der Waals surface area contributed by atoms with Crippen molar-refractivity contribution in [2.45, 2.75) is 13.8 Å². The van der Waals surface area contributed by atoms with Gasteiger partial charge in [-0.2, -0.15) is 0 Å². The molecule has 0 spiro atoms. The summed E-state index contributed by atoms with van der Waals surface area (Å²) in [6.07, 6.45) is 4.50. The molecule has 0 bridgehead atoms. The number of hydrogen-bond donors (Lipinski definition) is 0. The Bertz CT molecular complexity index is 377. The Morgan fingerprint density at radius 3 is 2.36 bits per heavy atom. The van der Waals surface area contributed by atoms with Crippen LogP contribution in [-0.4, -0.2) is 9.55 Å². The first-order valence-electron chi connectivity index (χ1n) is 4.51. The third kappa shape index (κ3) is 2.42. The molecule has 0 unspecified atom stereocenters. The lowest BCUT2D eigenvalue weighted by atomic mass is 10.2. The van der Waals surface area contributed by atoms with Gasteiger partial charge in [-0.15, -0.1) is 0 Å². The molecule has 0 saturated heterocycles. The van der Waals surface area contributed by atoms with Gasteiger partial charge in [-0.05, 0) is 6.08 Å². The van der Waals surface area contributed by atoms with Crippen molar-refractivity contribution < 1.29 is 0 Å². The molecule has 3 heteroatoms. The molecule has 0 aromatic carbocycles. The average Bonchev–Trinajstić information content (AvgIpc) is 2.24. The monoisotopic (exact) mass is 192 g/mol. The summed E-state index contributed by atoms with van der Waals surface area (Å²) in [4.78, 5) is 15.4. The molecule has 3 nitrogen and oxygen atoms in total. The Labute approximate surface area is 84.4 Å². The SMILES string of the molecule is C=Cc1ncn(C)c(=O)c1C=C.CC. The van der Waals surface area contributed by atoms with E-state index in [1.54, 1.807) is 13.1 Å². The van der Waals surface area contributed by atoms with Crippen molar-refractivity contribution in [1.82, 2.24) is 9.55 Å². The number of nitrogens with zero attached hydrogens (tertiary/aromatic N) is 2. The molecule has 1 heterocycles. The summed E-state index contributed by atoms with van der Waals surface area (Å²) < 4.78 is 1.41. The van der Waals surface area contributed by atoms with Crippen molar-refractivity contribution >= 4 is 12.2 Å². The molecule has 1 rings (SSSR count). The van der Waals surface area contributed by atoms with Gasteiger partial charge < -0.3 is 4.57 Å². The molecule has 1 aromatic heterocycles. The highest BCUT2D eigenvalue weighted by Crippen LogP contribution is 2.01. The molecule has 76 valence electrons. The average molecular weight is 192 g/mol. The fourth-order valence-corrected chi connectivity index (χ4v) is 0.925. The van der Waals surface area contributed by atoms with Crippen LogP contribution >= 0.6 is 0 Å². The Balaban J connectivity index is 0.000000791. The summed E-state index contributed by atoms with van der Waals surface area (Å²) in [5, 5.41) is 0. The zero-order valence-electron chi connectivity index (χ0n) is 8.95. The van der Waals surface area contributed by atoms with E-state index < -0.39 is 0 Å². The molecule has 14 heavy (non-hydrogen) atoms. The lowest BCUT2D eigenvalue weighted by molar-refractivity contribution is 0.818. The Kier molecular flexibility index (Phi) is 5.22. The molecule has 1 aromatic rings. The zero-order valence-corrected chi connectivity index (χ0v) is 8.95. The summed E-state index contributed by atoms with van der Waals surface area (Å²) in [5.74, 6) is 0. The predicted octanol–water partition coefficient (Wildman–Crippen LogP) is 2.09. The summed E-state index contributed by atoms with van der Waals surface area (Å²) in [6.45, 7) is 11.1. The molecule has 0 saturated carbocycles. The van der Waals surface area contributed by atoms with E-state index >= 15 is 0 Å². The Morgan fingerprint density at radius 1 is 1.36 bits per heavy atom. The number of aromatic nitrogens is 2. The summed E-state index contributed by atoms with van der Waals surface area (Å²) in [7, 11) is 1.65. The van der Waals surface area contributed by atoms with E-state index in [0.717, 1.165) is 0 Å². The van der Waals surface area contributed by atoms with Crippen LogP contribution in [-0.2, 0) is 7.05 Å². The molecule has 0 aliphatic heterocycles. The van der Waals surface area contributed by atoms with Gasteiger partial charge in [0.15, 0.2) is 0 Å². The lowest BCUT2D eigenvalue weighted by Crippen LogP contribution is -2.20. The highest BCUT2D eigenvalue weighted by Gasteiger charge is 2.02. The molecular weight excluding hydrogens is 176 g/mol. The van der Waals surface area contributed by atoms with Gasteiger partial charge in [0.1, 0.15) is 0 Å². The highest BCUT2D eigenvalue weighted by molar-refractivity contribution is 5.59. The van der Waals surface area contributed by atoms with Crippen LogP contribution in [0.1, 0.15) is 25.1 Å². The fraction of sp³-hybridized carbons (Fsp3) is 0.273. The first-order chi connectivity index (χ1) is 6.70. The van der Waals surface area contributed by atoms with Gasteiger partial charge in [-0.3, -0.25) is 4.79 Å². The minimum Gasteiger partial charge on any atom is -0.302 e. The van der Waals surface area contributed by atoms with E-state index in [1.807, 2.05) is 13.8 Å². The Hall–Kier alpha value is -1.64. The molecule has 0 amide bonds. The third-order valence-electron chi connectivity index (χ3n) is 1.59. The van der Waals surface area contributed by atoms with E-state index in [2.05, 4.69) is 18.1 Å². The normalized spacial score (nSPS) is 8.50. The van der Waals surface area contributed by atoms with Crippen molar-refractivity contribution in [3.05, 3.63) is 41.1 Å². The van der Waals surface area contributed by atoms with Crippen molar-refractivity contribution in [3.63, 3.8) is 0 Å². The zero-order chi connectivity index (χ0) is 11.1. The van der Waals surface area contributed by atoms with E-state index in [9.17, 15) is 4.79 Å². The van der Waals surface area contributed by atoms with Crippen molar-refractivity contribution in [1.29, 1.82) is 0 Å². The van der Waals surface area contributed by atoms with Crippen LogP contribution in [0.3, 0.4) is 0 Å². The molecule has 0 aliphatic rings. The van der Waals surface area contributed by atoms with Crippen LogP contribution in [0.2, 0.25) is 0 Å². The van der Waals surface area contributed by atoms with Crippen LogP contribution in [0.4, 0.5) is 0 Å². The summed E-state index contributed by atoms with van der Waals surface area (Å²) >= 11 is 0. The summed E-state index contributed by atoms with van der Waals surface area (Å²) in [5.41, 5.74) is 0.970. The molecule has 0 aliphatic carbocycles. The van der Waals surface area contributed by atoms with E-state index in [4.69, 9.17) is 0 Å². The predicted molar refractivity (Wildman–Crippen MR) is 61.0 cm³/mol. The smallest absolute Gasteiger partial charge is 0.260 e. The van der Waals surface area contributed by atoms with Crippen LogP contribution < -0.4 is 5.56 Å². The van der Waals surface area contributed by atoms with Crippen molar-refractivity contribution in [2.75, 3.05) is 0 Å². The second-order valence-corrected chi connectivity index (χ2v) is 2.37. The molecule has 0 radical (unpaired) electrons. The second-order valence-electron chi connectivity index (χ2n) is 2.37. The van der Waals surface area contributed by atoms with Gasteiger partial charge in [0.05, 0.1) is 17.6 Å². The number of rotatable bonds is 2. The minimum absolute atomic E-state index is 0.102. The third-order valence-corrected chi connectivity index (χ3v) is 1.59. The maximum absolute atomic E-state index is 11.4. The van der Waals surface area contributed by atoms with Gasteiger partial charge in [0.25, 0.3) is 5.56 Å². The van der Waals surface area contributed by atoms with Crippen LogP contribution in [0.25, 0.3) is 12.2 Å². The van der Waals surface area contributed by atoms with Gasteiger partial charge in [0.2, 0.25) is 0 Å².